The third-order valence-electron chi connectivity index (χ3n) is 5.49. The molecule has 2 aliphatic heterocycles. The van der Waals surface area contributed by atoms with Gasteiger partial charge in [0, 0.05) is 44.7 Å². The summed E-state index contributed by atoms with van der Waals surface area (Å²) in [6.07, 6.45) is 9.11. The fraction of sp³-hybridized carbons (Fsp3) is 0.364. The van der Waals surface area contributed by atoms with Crippen LogP contribution in [0, 0.1) is 23.2 Å². The summed E-state index contributed by atoms with van der Waals surface area (Å²) in [7, 11) is 0. The van der Waals surface area contributed by atoms with Crippen molar-refractivity contribution < 1.29 is 9.59 Å². The van der Waals surface area contributed by atoms with E-state index in [1.807, 2.05) is 36.1 Å². The van der Waals surface area contributed by atoms with Gasteiger partial charge in [0.05, 0.1) is 11.3 Å². The van der Waals surface area contributed by atoms with Crippen molar-refractivity contribution in [3.8, 4) is 6.07 Å². The number of amidine groups is 1. The van der Waals surface area contributed by atoms with Crippen LogP contribution in [0.15, 0.2) is 52.6 Å². The molecule has 2 atom stereocenters. The van der Waals surface area contributed by atoms with E-state index < -0.39 is 5.92 Å². The monoisotopic (exact) mass is 402 g/mol. The van der Waals surface area contributed by atoms with E-state index in [-0.39, 0.29) is 24.2 Å². The molecule has 3 aliphatic rings. The van der Waals surface area contributed by atoms with Crippen LogP contribution in [0.3, 0.4) is 0 Å². The van der Waals surface area contributed by atoms with Crippen LogP contribution in [0.4, 0.5) is 5.82 Å². The first-order valence-electron chi connectivity index (χ1n) is 10.00. The van der Waals surface area contributed by atoms with Gasteiger partial charge in [-0.1, -0.05) is 25.2 Å². The maximum absolute atomic E-state index is 12.8. The molecule has 0 saturated carbocycles. The molecule has 0 radical (unpaired) electrons. The number of hydrogen-bond donors (Lipinski definition) is 0. The lowest BCUT2D eigenvalue weighted by Gasteiger charge is -2.36. The smallest absolute Gasteiger partial charge is 0.260 e. The molecule has 0 spiro atoms. The Balaban J connectivity index is 1.33. The number of aromatic nitrogens is 1. The van der Waals surface area contributed by atoms with Gasteiger partial charge in [0.2, 0.25) is 5.91 Å². The molecular formula is C22H22N6O2. The van der Waals surface area contributed by atoms with Gasteiger partial charge in [-0.05, 0) is 18.2 Å². The largest absolute Gasteiger partial charge is 0.353 e. The van der Waals surface area contributed by atoms with E-state index in [1.54, 1.807) is 18.3 Å². The number of aliphatic imine (C=N–C) groups is 2. The van der Waals surface area contributed by atoms with Gasteiger partial charge < -0.3 is 9.80 Å². The zero-order chi connectivity index (χ0) is 21.1. The second-order valence-electron chi connectivity index (χ2n) is 7.56. The second-order valence-corrected chi connectivity index (χ2v) is 7.56. The normalized spacial score (nSPS) is 21.5. The van der Waals surface area contributed by atoms with Gasteiger partial charge in [-0.15, -0.1) is 0 Å². The highest BCUT2D eigenvalue weighted by Crippen LogP contribution is 2.21. The van der Waals surface area contributed by atoms with Crippen molar-refractivity contribution in [2.24, 2.45) is 21.8 Å². The van der Waals surface area contributed by atoms with Crippen LogP contribution in [0.25, 0.3) is 0 Å². The molecule has 1 saturated heterocycles. The van der Waals surface area contributed by atoms with E-state index in [0.717, 1.165) is 5.82 Å². The number of hydrogen-bond acceptors (Lipinski definition) is 6. The Bertz CT molecular complexity index is 1010. The van der Waals surface area contributed by atoms with Crippen LogP contribution in [-0.2, 0) is 9.59 Å². The molecule has 0 aromatic carbocycles. The van der Waals surface area contributed by atoms with E-state index in [4.69, 9.17) is 5.26 Å². The van der Waals surface area contributed by atoms with E-state index in [2.05, 4.69) is 25.9 Å². The third kappa shape index (κ3) is 4.06. The van der Waals surface area contributed by atoms with Crippen LogP contribution in [0.5, 0.6) is 0 Å². The summed E-state index contributed by atoms with van der Waals surface area (Å²) < 4.78 is 0. The number of carbonyl (C=O) groups is 2. The topological polar surface area (TPSA) is 102 Å². The average molecular weight is 402 g/mol. The lowest BCUT2D eigenvalue weighted by Crippen LogP contribution is -2.49. The van der Waals surface area contributed by atoms with Crippen molar-refractivity contribution >= 4 is 29.2 Å². The highest BCUT2D eigenvalue weighted by molar-refractivity contribution is 6.21. The first-order valence-corrected chi connectivity index (χ1v) is 10.00. The summed E-state index contributed by atoms with van der Waals surface area (Å²) >= 11 is 0. The molecule has 30 heavy (non-hydrogen) atoms. The second kappa shape index (κ2) is 8.41. The molecule has 0 bridgehead atoms. The Morgan fingerprint density at radius 3 is 2.73 bits per heavy atom. The number of nitrogens with zero attached hydrogens (tertiary/aromatic N) is 6. The number of carbonyl (C=O) groups excluding carboxylic acids is 2. The van der Waals surface area contributed by atoms with Gasteiger partial charge in [0.1, 0.15) is 23.6 Å². The number of fused-ring (bicyclic) bond motifs is 1. The average Bonchev–Trinajstić information content (AvgIpc) is 2.79. The summed E-state index contributed by atoms with van der Waals surface area (Å²) in [5.41, 5.74) is 1.22. The number of anilines is 1. The molecule has 1 aromatic heterocycles. The quantitative estimate of drug-likeness (QED) is 0.763. The maximum Gasteiger partial charge on any atom is 0.260 e. The van der Waals surface area contributed by atoms with Crippen molar-refractivity contribution in [2.75, 3.05) is 31.1 Å². The standard InChI is InChI=1S/C22H22N6O2/c1-15(21-25-18-5-3-2-4-17(18)22(30)26-21)12-20(29)28-10-8-27(9-11-28)19-7-6-16(13-23)14-24-19/h2-7,14-15,17H,8-12H2,1H3. The summed E-state index contributed by atoms with van der Waals surface area (Å²) in [5.74, 6) is 0.424. The van der Waals surface area contributed by atoms with E-state index in [9.17, 15) is 9.59 Å². The third-order valence-corrected chi connectivity index (χ3v) is 5.49. The number of pyridine rings is 1. The molecule has 0 N–H and O–H groups in total. The van der Waals surface area contributed by atoms with E-state index >= 15 is 0 Å². The van der Waals surface area contributed by atoms with Crippen molar-refractivity contribution in [1.29, 1.82) is 5.26 Å². The predicted octanol–water partition coefficient (Wildman–Crippen LogP) is 1.75. The predicted molar refractivity (Wildman–Crippen MR) is 113 cm³/mol. The van der Waals surface area contributed by atoms with Crippen LogP contribution in [-0.4, -0.2) is 59.4 Å². The first kappa shape index (κ1) is 19.7. The Kier molecular flexibility index (Phi) is 5.53. The van der Waals surface area contributed by atoms with Crippen molar-refractivity contribution in [3.05, 3.63) is 48.2 Å². The number of rotatable bonds is 4. The molecule has 1 fully saturated rings. The maximum atomic E-state index is 12.8. The number of allylic oxidation sites excluding steroid dienone is 3. The minimum Gasteiger partial charge on any atom is -0.353 e. The SMILES string of the molecule is CC(CC(=O)N1CCN(c2ccc(C#N)cn2)CC1)C1=NC(=O)C2C=CC=CC2=N1. The minimum atomic E-state index is -0.398. The minimum absolute atomic E-state index is 0.0338. The Morgan fingerprint density at radius 2 is 2.03 bits per heavy atom. The Labute approximate surface area is 174 Å². The van der Waals surface area contributed by atoms with Crippen LogP contribution < -0.4 is 4.90 Å². The molecule has 8 heteroatoms. The van der Waals surface area contributed by atoms with Crippen LogP contribution >= 0.6 is 0 Å². The number of piperazine rings is 1. The molecule has 2 unspecified atom stereocenters. The van der Waals surface area contributed by atoms with Gasteiger partial charge in [-0.3, -0.25) is 9.59 Å². The van der Waals surface area contributed by atoms with E-state index in [1.165, 1.54) is 0 Å². The summed E-state index contributed by atoms with van der Waals surface area (Å²) in [5, 5.41) is 8.88. The molecule has 2 amide bonds. The fourth-order valence-corrected chi connectivity index (χ4v) is 3.71. The molecule has 1 aromatic rings. The van der Waals surface area contributed by atoms with Crippen molar-refractivity contribution in [2.45, 2.75) is 13.3 Å². The fourth-order valence-electron chi connectivity index (χ4n) is 3.71. The highest BCUT2D eigenvalue weighted by atomic mass is 16.2. The van der Waals surface area contributed by atoms with Crippen LogP contribution in [0.1, 0.15) is 18.9 Å². The molecule has 1 aliphatic carbocycles. The van der Waals surface area contributed by atoms with Gasteiger partial charge in [0.25, 0.3) is 5.91 Å². The first-order chi connectivity index (χ1) is 14.5. The molecule has 152 valence electrons. The molecule has 8 nitrogen and oxygen atoms in total. The van der Waals surface area contributed by atoms with Gasteiger partial charge in [0.15, 0.2) is 0 Å². The zero-order valence-corrected chi connectivity index (χ0v) is 16.7. The Morgan fingerprint density at radius 1 is 1.23 bits per heavy atom. The molecule has 3 heterocycles. The Hall–Kier alpha value is -3.60. The lowest BCUT2D eigenvalue weighted by atomic mass is 9.95. The zero-order valence-electron chi connectivity index (χ0n) is 16.7. The lowest BCUT2D eigenvalue weighted by molar-refractivity contribution is -0.132. The summed E-state index contributed by atoms with van der Waals surface area (Å²) in [6, 6.07) is 5.64. The highest BCUT2D eigenvalue weighted by Gasteiger charge is 2.30. The summed E-state index contributed by atoms with van der Waals surface area (Å²) in [4.78, 5) is 41.9. The molecular weight excluding hydrogens is 380 g/mol. The molecule has 4 rings (SSSR count). The van der Waals surface area contributed by atoms with Crippen LogP contribution in [0.2, 0.25) is 0 Å². The van der Waals surface area contributed by atoms with Crippen molar-refractivity contribution in [3.63, 3.8) is 0 Å². The van der Waals surface area contributed by atoms with Gasteiger partial charge in [-0.25, -0.2) is 9.98 Å². The van der Waals surface area contributed by atoms with Crippen molar-refractivity contribution in [1.82, 2.24) is 9.88 Å². The van der Waals surface area contributed by atoms with Gasteiger partial charge >= 0.3 is 0 Å². The van der Waals surface area contributed by atoms with E-state index in [0.29, 0.717) is 43.3 Å². The number of amides is 2. The summed E-state index contributed by atoms with van der Waals surface area (Å²) in [6.45, 7) is 4.44. The van der Waals surface area contributed by atoms with Gasteiger partial charge in [-0.2, -0.15) is 10.3 Å². The number of nitriles is 1.